The third-order valence-corrected chi connectivity index (χ3v) is 5.99. The fraction of sp³-hybridized carbons (Fsp3) is 0.500. The summed E-state index contributed by atoms with van der Waals surface area (Å²) in [6, 6.07) is 6.14. The lowest BCUT2D eigenvalue weighted by molar-refractivity contribution is -0.100. The van der Waals surface area contributed by atoms with Crippen molar-refractivity contribution in [2.45, 2.75) is 45.9 Å². The van der Waals surface area contributed by atoms with Gasteiger partial charge in [-0.15, -0.1) is 0 Å². The smallest absolute Gasteiger partial charge is 0.160 e. The van der Waals surface area contributed by atoms with E-state index in [1.807, 2.05) is 35.2 Å². The second-order valence-electron chi connectivity index (χ2n) is 7.31. The van der Waals surface area contributed by atoms with E-state index in [9.17, 15) is 5.11 Å². The van der Waals surface area contributed by atoms with Gasteiger partial charge in [-0.1, -0.05) is 48.7 Å². The van der Waals surface area contributed by atoms with Crippen LogP contribution >= 0.6 is 15.9 Å². The summed E-state index contributed by atoms with van der Waals surface area (Å²) < 4.78 is 14.2. The first-order chi connectivity index (χ1) is 13.5. The molecule has 1 heterocycles. The molecular formula is C22H29BrN2O3. The molecule has 0 saturated heterocycles. The van der Waals surface area contributed by atoms with E-state index in [1.54, 1.807) is 0 Å². The molecule has 152 valence electrons. The summed E-state index contributed by atoms with van der Waals surface area (Å²) in [7, 11) is 1.52. The number of aliphatic hydroxyl groups is 1. The van der Waals surface area contributed by atoms with Crippen LogP contribution in [0.15, 0.2) is 34.9 Å². The Kier molecular flexibility index (Phi) is 7.32. The Balaban J connectivity index is 1.78. The van der Waals surface area contributed by atoms with E-state index in [0.29, 0.717) is 12.5 Å². The number of hydrogen-bond donors (Lipinski definition) is 1. The predicted octanol–water partition coefficient (Wildman–Crippen LogP) is 4.66. The van der Waals surface area contributed by atoms with Crippen molar-refractivity contribution in [1.29, 1.82) is 0 Å². The van der Waals surface area contributed by atoms with Gasteiger partial charge in [0.15, 0.2) is 6.29 Å². The number of rotatable bonds is 9. The molecule has 2 atom stereocenters. The first-order valence-corrected chi connectivity index (χ1v) is 10.7. The van der Waals surface area contributed by atoms with E-state index in [1.165, 1.54) is 7.11 Å². The SMILES string of the molecule is CCC(CC)COc1ccc(Br)cc1Cn1ncc2c1C=CC(C(O)OC)C2. The Labute approximate surface area is 175 Å². The van der Waals surface area contributed by atoms with E-state index in [-0.39, 0.29) is 5.92 Å². The molecule has 0 spiro atoms. The fourth-order valence-corrected chi connectivity index (χ4v) is 3.93. The summed E-state index contributed by atoms with van der Waals surface area (Å²) in [5, 5.41) is 14.5. The summed E-state index contributed by atoms with van der Waals surface area (Å²) in [6.45, 7) is 5.77. The van der Waals surface area contributed by atoms with Crippen LogP contribution in [0.5, 0.6) is 5.75 Å². The molecule has 1 aromatic heterocycles. The van der Waals surface area contributed by atoms with Gasteiger partial charge in [0.25, 0.3) is 0 Å². The minimum Gasteiger partial charge on any atom is -0.493 e. The molecule has 0 radical (unpaired) electrons. The Morgan fingerprint density at radius 3 is 2.82 bits per heavy atom. The van der Waals surface area contributed by atoms with Crippen molar-refractivity contribution in [2.75, 3.05) is 13.7 Å². The van der Waals surface area contributed by atoms with Crippen molar-refractivity contribution in [1.82, 2.24) is 9.78 Å². The molecule has 2 aromatic rings. The van der Waals surface area contributed by atoms with Crippen LogP contribution < -0.4 is 4.74 Å². The van der Waals surface area contributed by atoms with Crippen molar-refractivity contribution in [3.8, 4) is 5.75 Å². The number of methoxy groups -OCH3 is 1. The second-order valence-corrected chi connectivity index (χ2v) is 8.23. The quantitative estimate of drug-likeness (QED) is 0.566. The molecule has 2 unspecified atom stereocenters. The Bertz CT molecular complexity index is 814. The Morgan fingerprint density at radius 1 is 1.32 bits per heavy atom. The van der Waals surface area contributed by atoms with E-state index in [4.69, 9.17) is 9.47 Å². The zero-order valence-corrected chi connectivity index (χ0v) is 18.4. The normalized spacial score (nSPS) is 17.0. The van der Waals surface area contributed by atoms with E-state index >= 15 is 0 Å². The largest absolute Gasteiger partial charge is 0.493 e. The molecule has 3 rings (SSSR count). The van der Waals surface area contributed by atoms with Crippen LogP contribution in [0.4, 0.5) is 0 Å². The molecule has 5 nitrogen and oxygen atoms in total. The summed E-state index contributed by atoms with van der Waals surface area (Å²) >= 11 is 3.57. The van der Waals surface area contributed by atoms with Gasteiger partial charge in [-0.05, 0) is 42.2 Å². The maximum atomic E-state index is 9.94. The highest BCUT2D eigenvalue weighted by Crippen LogP contribution is 2.29. The van der Waals surface area contributed by atoms with Gasteiger partial charge in [-0.25, -0.2) is 0 Å². The molecule has 0 amide bonds. The van der Waals surface area contributed by atoms with Crippen molar-refractivity contribution < 1.29 is 14.6 Å². The number of nitrogens with zero attached hydrogens (tertiary/aromatic N) is 2. The maximum absolute atomic E-state index is 9.94. The average molecular weight is 449 g/mol. The van der Waals surface area contributed by atoms with Gasteiger partial charge in [-0.2, -0.15) is 5.10 Å². The van der Waals surface area contributed by atoms with E-state index in [0.717, 1.165) is 52.9 Å². The van der Waals surface area contributed by atoms with Crippen LogP contribution in [0.1, 0.15) is 43.5 Å². The minimum atomic E-state index is -0.789. The van der Waals surface area contributed by atoms with Crippen LogP contribution in [0.25, 0.3) is 6.08 Å². The third kappa shape index (κ3) is 4.85. The van der Waals surface area contributed by atoms with Crippen LogP contribution in [-0.2, 0) is 17.7 Å². The molecule has 28 heavy (non-hydrogen) atoms. The summed E-state index contributed by atoms with van der Waals surface area (Å²) in [6.07, 6.45) is 8.08. The van der Waals surface area contributed by atoms with Crippen molar-refractivity contribution >= 4 is 22.0 Å². The monoisotopic (exact) mass is 448 g/mol. The molecular weight excluding hydrogens is 420 g/mol. The molecule has 6 heteroatoms. The molecule has 0 aliphatic heterocycles. The molecule has 1 aliphatic carbocycles. The standard InChI is InChI=1S/C22H29BrN2O3/c1-4-15(5-2)14-28-21-9-7-19(23)11-18(21)13-25-20-8-6-16(22(26)27-3)10-17(20)12-24-25/h6-9,11-12,15-16,22,26H,4-5,10,13-14H2,1-3H3. The zero-order chi connectivity index (χ0) is 20.1. The summed E-state index contributed by atoms with van der Waals surface area (Å²) in [5.74, 6) is 1.44. The fourth-order valence-electron chi connectivity index (χ4n) is 3.52. The van der Waals surface area contributed by atoms with Crippen molar-refractivity contribution in [2.24, 2.45) is 11.8 Å². The van der Waals surface area contributed by atoms with Gasteiger partial charge in [0.1, 0.15) is 5.75 Å². The van der Waals surface area contributed by atoms with Crippen LogP contribution in [-0.4, -0.2) is 34.9 Å². The molecule has 1 aliphatic rings. The number of halogens is 1. The summed E-state index contributed by atoms with van der Waals surface area (Å²) in [4.78, 5) is 0. The number of aliphatic hydroxyl groups excluding tert-OH is 1. The third-order valence-electron chi connectivity index (χ3n) is 5.50. The van der Waals surface area contributed by atoms with Crippen molar-refractivity contribution in [3.63, 3.8) is 0 Å². The average Bonchev–Trinajstić information content (AvgIpc) is 3.11. The lowest BCUT2D eigenvalue weighted by Crippen LogP contribution is -2.24. The van der Waals surface area contributed by atoms with Crippen LogP contribution in [0.3, 0.4) is 0 Å². The zero-order valence-electron chi connectivity index (χ0n) is 16.8. The van der Waals surface area contributed by atoms with Crippen molar-refractivity contribution in [3.05, 3.63) is 51.8 Å². The lowest BCUT2D eigenvalue weighted by atomic mass is 9.93. The van der Waals surface area contributed by atoms with Crippen LogP contribution in [0, 0.1) is 11.8 Å². The number of ether oxygens (including phenoxy) is 2. The molecule has 0 bridgehead atoms. The molecule has 0 fully saturated rings. The van der Waals surface area contributed by atoms with Gasteiger partial charge < -0.3 is 14.6 Å². The van der Waals surface area contributed by atoms with Gasteiger partial charge >= 0.3 is 0 Å². The topological polar surface area (TPSA) is 56.5 Å². The first kappa shape index (κ1) is 21.1. The van der Waals surface area contributed by atoms with E-state index in [2.05, 4.69) is 40.9 Å². The first-order valence-electron chi connectivity index (χ1n) is 9.90. The highest BCUT2D eigenvalue weighted by Gasteiger charge is 2.23. The summed E-state index contributed by atoms with van der Waals surface area (Å²) in [5.41, 5.74) is 3.29. The highest BCUT2D eigenvalue weighted by atomic mass is 79.9. The number of fused-ring (bicyclic) bond motifs is 1. The van der Waals surface area contributed by atoms with Gasteiger partial charge in [0, 0.05) is 23.1 Å². The molecule has 1 N–H and O–H groups in total. The second kappa shape index (κ2) is 9.72. The predicted molar refractivity (Wildman–Crippen MR) is 114 cm³/mol. The molecule has 0 saturated carbocycles. The lowest BCUT2D eigenvalue weighted by Gasteiger charge is -2.22. The van der Waals surface area contributed by atoms with Crippen LogP contribution in [0.2, 0.25) is 0 Å². The number of aromatic nitrogens is 2. The van der Waals surface area contributed by atoms with E-state index < -0.39 is 6.29 Å². The highest BCUT2D eigenvalue weighted by molar-refractivity contribution is 9.10. The number of benzene rings is 1. The Hall–Kier alpha value is -1.63. The minimum absolute atomic E-state index is 0.0417. The number of hydrogen-bond acceptors (Lipinski definition) is 4. The van der Waals surface area contributed by atoms with Gasteiger partial charge in [-0.3, -0.25) is 4.68 Å². The van der Waals surface area contributed by atoms with Gasteiger partial charge in [0.05, 0.1) is 25.0 Å². The molecule has 1 aromatic carbocycles. The maximum Gasteiger partial charge on any atom is 0.160 e. The van der Waals surface area contributed by atoms with Gasteiger partial charge in [0.2, 0.25) is 0 Å². The Morgan fingerprint density at radius 2 is 2.11 bits per heavy atom.